The number of hydrogen-bond donors (Lipinski definition) is 1. The Morgan fingerprint density at radius 2 is 2.04 bits per heavy atom. The van der Waals surface area contributed by atoms with Crippen molar-refractivity contribution in [3.05, 3.63) is 63.3 Å². The Hall–Kier alpha value is -2.83. The van der Waals surface area contributed by atoms with Crippen LogP contribution in [0, 0.1) is 13.8 Å². The molecule has 5 nitrogen and oxygen atoms in total. The molecule has 0 bridgehead atoms. The van der Waals surface area contributed by atoms with E-state index in [1.54, 1.807) is 30.5 Å². The maximum atomic E-state index is 13.2. The smallest absolute Gasteiger partial charge is 0.264 e. The molecule has 28 heavy (non-hydrogen) atoms. The van der Waals surface area contributed by atoms with Crippen LogP contribution >= 0.6 is 0 Å². The van der Waals surface area contributed by atoms with E-state index in [-0.39, 0.29) is 17.2 Å². The minimum atomic E-state index is -2.50. The van der Waals surface area contributed by atoms with E-state index in [9.17, 15) is 13.6 Å². The maximum absolute atomic E-state index is 13.2. The van der Waals surface area contributed by atoms with E-state index in [2.05, 4.69) is 15.3 Å². The Balaban J connectivity index is 1.70. The highest BCUT2D eigenvalue weighted by atomic mass is 19.3. The van der Waals surface area contributed by atoms with Crippen molar-refractivity contribution >= 4 is 16.7 Å². The summed E-state index contributed by atoms with van der Waals surface area (Å²) in [6.45, 7) is 3.83. The predicted octanol–water partition coefficient (Wildman–Crippen LogP) is 4.68. The molecular weight excluding hydrogens is 362 g/mol. The van der Waals surface area contributed by atoms with Crippen LogP contribution in [0.2, 0.25) is 0 Å². The van der Waals surface area contributed by atoms with Crippen LogP contribution in [0.5, 0.6) is 0 Å². The molecule has 1 saturated carbocycles. The Labute approximate surface area is 161 Å². The zero-order valence-corrected chi connectivity index (χ0v) is 15.9. The van der Waals surface area contributed by atoms with Crippen molar-refractivity contribution in [2.75, 3.05) is 5.32 Å². The van der Waals surface area contributed by atoms with Crippen molar-refractivity contribution in [3.63, 3.8) is 0 Å². The van der Waals surface area contributed by atoms with Gasteiger partial charge in [0.15, 0.2) is 0 Å². The topological polar surface area (TPSA) is 59.8 Å². The number of hydrogen-bond acceptors (Lipinski definition) is 4. The van der Waals surface area contributed by atoms with Gasteiger partial charge in [-0.3, -0.25) is 4.79 Å². The minimum absolute atomic E-state index is 0.0434. The fourth-order valence-corrected chi connectivity index (χ4v) is 3.63. The van der Waals surface area contributed by atoms with E-state index in [0.29, 0.717) is 29.3 Å². The summed E-state index contributed by atoms with van der Waals surface area (Å²) < 4.78 is 28.1. The van der Waals surface area contributed by atoms with Gasteiger partial charge >= 0.3 is 0 Å². The van der Waals surface area contributed by atoms with E-state index in [1.807, 2.05) is 12.3 Å². The fourth-order valence-electron chi connectivity index (χ4n) is 3.63. The van der Waals surface area contributed by atoms with Gasteiger partial charge in [-0.05, 0) is 44.2 Å². The van der Waals surface area contributed by atoms with Gasteiger partial charge in [0, 0.05) is 30.4 Å². The zero-order chi connectivity index (χ0) is 19.8. The van der Waals surface area contributed by atoms with Gasteiger partial charge in [0.05, 0.1) is 10.9 Å². The van der Waals surface area contributed by atoms with Crippen LogP contribution in [0.15, 0.2) is 35.3 Å². The average Bonchev–Trinajstić information content (AvgIpc) is 2.59. The van der Waals surface area contributed by atoms with Crippen molar-refractivity contribution in [2.45, 2.75) is 52.1 Å². The van der Waals surface area contributed by atoms with Crippen LogP contribution in [0.4, 0.5) is 14.6 Å². The maximum Gasteiger partial charge on any atom is 0.264 e. The van der Waals surface area contributed by atoms with Gasteiger partial charge in [0.25, 0.3) is 12.0 Å². The molecule has 1 N–H and O–H groups in total. The monoisotopic (exact) mass is 384 g/mol. The quantitative estimate of drug-likeness (QED) is 0.694. The first-order valence-electron chi connectivity index (χ1n) is 9.45. The largest absolute Gasteiger partial charge is 0.365 e. The molecule has 1 aromatic carbocycles. The van der Waals surface area contributed by atoms with Gasteiger partial charge in [-0.25, -0.2) is 18.7 Å². The fraction of sp³-hybridized carbons (Fsp3) is 0.381. The summed E-state index contributed by atoms with van der Waals surface area (Å²) in [5.74, 6) is 1.16. The highest BCUT2D eigenvalue weighted by Gasteiger charge is 2.21. The molecule has 0 radical (unpaired) electrons. The molecule has 0 saturated heterocycles. The lowest BCUT2D eigenvalue weighted by Crippen LogP contribution is -2.28. The number of halogens is 2. The number of pyridine rings is 1. The third kappa shape index (κ3) is 3.37. The Morgan fingerprint density at radius 3 is 2.71 bits per heavy atom. The molecule has 146 valence electrons. The molecule has 0 aliphatic heterocycles. The summed E-state index contributed by atoms with van der Waals surface area (Å²) in [4.78, 5) is 21.3. The zero-order valence-electron chi connectivity index (χ0n) is 15.9. The molecule has 0 unspecified atom stereocenters. The summed E-state index contributed by atoms with van der Waals surface area (Å²) in [5, 5.41) is 4.03. The number of benzene rings is 1. The van der Waals surface area contributed by atoms with Gasteiger partial charge in [-0.1, -0.05) is 18.2 Å². The summed E-state index contributed by atoms with van der Waals surface area (Å²) in [5.41, 5.74) is 1.94. The highest BCUT2D eigenvalue weighted by Crippen LogP contribution is 2.32. The van der Waals surface area contributed by atoms with Crippen LogP contribution in [-0.4, -0.2) is 14.5 Å². The molecule has 0 spiro atoms. The van der Waals surface area contributed by atoms with Gasteiger partial charge in [-0.2, -0.15) is 0 Å². The van der Waals surface area contributed by atoms with Crippen LogP contribution in [0.3, 0.4) is 0 Å². The molecule has 0 amide bonds. The number of rotatable bonds is 5. The van der Waals surface area contributed by atoms with E-state index in [0.717, 1.165) is 30.2 Å². The number of nitrogens with one attached hydrogen (secondary N) is 1. The lowest BCUT2D eigenvalue weighted by molar-refractivity contribution is 0.150. The van der Waals surface area contributed by atoms with Crippen LogP contribution in [0.25, 0.3) is 10.9 Å². The number of aryl methyl sites for hydroxylation is 1. The van der Waals surface area contributed by atoms with Crippen LogP contribution < -0.4 is 10.9 Å². The normalized spacial score (nSPS) is 14.5. The molecule has 2 heterocycles. The van der Waals surface area contributed by atoms with Crippen LogP contribution in [-0.2, 0) is 6.54 Å². The SMILES string of the molecule is Cc1nc(NCc2cccc(C(F)F)c2C)c2cn(C3CCC3)c(=O)cc2n1. The van der Waals surface area contributed by atoms with E-state index >= 15 is 0 Å². The van der Waals surface area contributed by atoms with E-state index in [1.165, 1.54) is 6.07 Å². The second-order valence-corrected chi connectivity index (χ2v) is 7.31. The molecule has 3 aromatic rings. The summed E-state index contributed by atoms with van der Waals surface area (Å²) in [6, 6.07) is 6.70. The lowest BCUT2D eigenvalue weighted by atomic mass is 9.93. The average molecular weight is 384 g/mol. The summed E-state index contributed by atoms with van der Waals surface area (Å²) in [7, 11) is 0. The Kier molecular flexibility index (Phi) is 4.83. The second kappa shape index (κ2) is 7.30. The third-order valence-electron chi connectivity index (χ3n) is 5.51. The van der Waals surface area contributed by atoms with E-state index < -0.39 is 6.43 Å². The molecule has 0 atom stereocenters. The number of anilines is 1. The molecule has 1 aliphatic rings. The first-order valence-corrected chi connectivity index (χ1v) is 9.45. The minimum Gasteiger partial charge on any atom is -0.365 e. The second-order valence-electron chi connectivity index (χ2n) is 7.31. The third-order valence-corrected chi connectivity index (χ3v) is 5.51. The summed E-state index contributed by atoms with van der Waals surface area (Å²) >= 11 is 0. The van der Waals surface area contributed by atoms with Gasteiger partial charge < -0.3 is 9.88 Å². The molecule has 7 heteroatoms. The molecule has 2 aromatic heterocycles. The number of alkyl halides is 2. The van der Waals surface area contributed by atoms with Gasteiger partial charge in [-0.15, -0.1) is 0 Å². The van der Waals surface area contributed by atoms with Crippen molar-refractivity contribution in [1.29, 1.82) is 0 Å². The Morgan fingerprint density at radius 1 is 1.25 bits per heavy atom. The molecular formula is C21H22F2N4O. The Bertz CT molecular complexity index is 1090. The van der Waals surface area contributed by atoms with Crippen LogP contribution in [0.1, 0.15) is 54.2 Å². The van der Waals surface area contributed by atoms with Gasteiger partial charge in [0.2, 0.25) is 0 Å². The molecule has 1 aliphatic carbocycles. The van der Waals surface area contributed by atoms with Crippen molar-refractivity contribution in [1.82, 2.24) is 14.5 Å². The highest BCUT2D eigenvalue weighted by molar-refractivity contribution is 5.88. The standard InChI is InChI=1S/C21H22F2N4O/c1-12-14(5-3-8-16(12)20(22)23)10-24-21-17-11-27(15-6-4-7-15)19(28)9-18(17)25-13(2)26-21/h3,5,8-9,11,15,20H,4,6-7,10H2,1-2H3,(H,24,25,26). The summed E-state index contributed by atoms with van der Waals surface area (Å²) in [6.07, 6.45) is 2.45. The van der Waals surface area contributed by atoms with E-state index in [4.69, 9.17) is 0 Å². The molecule has 1 fully saturated rings. The molecule has 4 rings (SSSR count). The lowest BCUT2D eigenvalue weighted by Gasteiger charge is -2.27. The number of aromatic nitrogens is 3. The first kappa shape index (κ1) is 18.5. The van der Waals surface area contributed by atoms with Crippen molar-refractivity contribution in [3.8, 4) is 0 Å². The van der Waals surface area contributed by atoms with Gasteiger partial charge in [0.1, 0.15) is 11.6 Å². The van der Waals surface area contributed by atoms with Crippen molar-refractivity contribution in [2.24, 2.45) is 0 Å². The van der Waals surface area contributed by atoms with Crippen molar-refractivity contribution < 1.29 is 8.78 Å². The number of fused-ring (bicyclic) bond motifs is 1. The first-order chi connectivity index (χ1) is 13.4. The predicted molar refractivity (Wildman–Crippen MR) is 105 cm³/mol. The number of nitrogens with zero attached hydrogens (tertiary/aromatic N) is 3.